The minimum absolute atomic E-state index is 0.134. The van der Waals surface area contributed by atoms with Crippen molar-refractivity contribution in [1.82, 2.24) is 4.40 Å². The average molecular weight is 676 g/mol. The van der Waals surface area contributed by atoms with E-state index >= 15 is 0 Å². The second-order valence-corrected chi connectivity index (χ2v) is 15.9. The van der Waals surface area contributed by atoms with Crippen molar-refractivity contribution in [3.05, 3.63) is 161 Å². The molecule has 0 unspecified atom stereocenters. The highest BCUT2D eigenvalue weighted by Gasteiger charge is 2.38. The first-order valence-corrected chi connectivity index (χ1v) is 18.3. The van der Waals surface area contributed by atoms with Gasteiger partial charge in [0.05, 0.1) is 39.8 Å². The Bertz CT molecular complexity index is 2980. The largest absolute Gasteiger partial charge is 0.308 e. The van der Waals surface area contributed by atoms with Gasteiger partial charge in [0.2, 0.25) is 0 Å². The highest BCUT2D eigenvalue weighted by molar-refractivity contribution is 6.24. The lowest BCUT2D eigenvalue weighted by Crippen LogP contribution is -2.14. The molecule has 7 aromatic carbocycles. The molecule has 0 bridgehead atoms. The molecule has 3 heteroatoms. The first-order chi connectivity index (χ1) is 25.7. The molecule has 248 valence electrons. The van der Waals surface area contributed by atoms with Gasteiger partial charge in [0.15, 0.2) is 0 Å². The van der Waals surface area contributed by atoms with Gasteiger partial charge in [-0.25, -0.2) is 0 Å². The summed E-state index contributed by atoms with van der Waals surface area (Å²) in [6.07, 6.45) is 0. The van der Waals surface area contributed by atoms with Crippen LogP contribution in [-0.4, -0.2) is 4.40 Å². The Labute approximate surface area is 307 Å². The monoisotopic (exact) mass is 675 g/mol. The smallest absolute Gasteiger partial charge is 0.0998 e. The summed E-state index contributed by atoms with van der Waals surface area (Å²) in [5.74, 6) is 0. The summed E-state index contributed by atoms with van der Waals surface area (Å²) in [4.78, 5) is 0. The van der Waals surface area contributed by atoms with Gasteiger partial charge >= 0.3 is 0 Å². The van der Waals surface area contributed by atoms with Gasteiger partial charge in [0.25, 0.3) is 0 Å². The topological polar surface area (TPSA) is 52.0 Å². The van der Waals surface area contributed by atoms with Crippen LogP contribution in [0.2, 0.25) is 0 Å². The lowest BCUT2D eigenvalue weighted by molar-refractivity contribution is 0.660. The van der Waals surface area contributed by atoms with E-state index in [9.17, 15) is 10.5 Å². The zero-order chi connectivity index (χ0) is 36.0. The van der Waals surface area contributed by atoms with Crippen molar-refractivity contribution in [3.63, 3.8) is 0 Å². The van der Waals surface area contributed by atoms with E-state index in [-0.39, 0.29) is 10.8 Å². The lowest BCUT2D eigenvalue weighted by atomic mass is 9.81. The van der Waals surface area contributed by atoms with Crippen molar-refractivity contribution in [1.29, 1.82) is 10.5 Å². The molecule has 2 aliphatic carbocycles. The maximum Gasteiger partial charge on any atom is 0.0998 e. The van der Waals surface area contributed by atoms with Crippen LogP contribution >= 0.6 is 0 Å². The molecule has 0 spiro atoms. The van der Waals surface area contributed by atoms with E-state index in [2.05, 4.69) is 172 Å². The third kappa shape index (κ3) is 3.62. The minimum atomic E-state index is -0.134. The predicted molar refractivity (Wildman–Crippen MR) is 217 cm³/mol. The molecule has 2 heterocycles. The van der Waals surface area contributed by atoms with E-state index < -0.39 is 0 Å². The third-order valence-electron chi connectivity index (χ3n) is 12.6. The second-order valence-electron chi connectivity index (χ2n) is 15.9. The molecule has 0 aliphatic heterocycles. The average Bonchev–Trinajstić information content (AvgIpc) is 3.85. The molecule has 0 saturated carbocycles. The summed E-state index contributed by atoms with van der Waals surface area (Å²) in [7, 11) is 0. The van der Waals surface area contributed by atoms with E-state index in [0.717, 1.165) is 60.3 Å². The number of nitriles is 2. The number of nitrogens with zero attached hydrogens (tertiary/aromatic N) is 3. The lowest BCUT2D eigenvalue weighted by Gasteiger charge is -2.21. The van der Waals surface area contributed by atoms with Crippen LogP contribution in [0.1, 0.15) is 61.1 Å². The molecule has 0 amide bonds. The molecule has 53 heavy (non-hydrogen) atoms. The van der Waals surface area contributed by atoms with E-state index in [1.54, 1.807) is 0 Å². The first kappa shape index (κ1) is 30.0. The Hall–Kier alpha value is -6.68. The van der Waals surface area contributed by atoms with Gasteiger partial charge in [-0.3, -0.25) is 0 Å². The molecule has 9 aromatic rings. The quantitative estimate of drug-likeness (QED) is 0.183. The third-order valence-corrected chi connectivity index (χ3v) is 12.6. The Morgan fingerprint density at radius 2 is 0.811 bits per heavy atom. The van der Waals surface area contributed by atoms with Crippen molar-refractivity contribution in [2.24, 2.45) is 0 Å². The van der Waals surface area contributed by atoms with Crippen LogP contribution in [0.15, 0.2) is 127 Å². The Morgan fingerprint density at radius 3 is 1.26 bits per heavy atom. The Balaban J connectivity index is 1.19. The van der Waals surface area contributed by atoms with Crippen LogP contribution in [0, 0.1) is 22.7 Å². The van der Waals surface area contributed by atoms with Crippen LogP contribution in [0.3, 0.4) is 0 Å². The van der Waals surface area contributed by atoms with Crippen molar-refractivity contribution >= 4 is 38.1 Å². The molecule has 0 N–H and O–H groups in total. The molecule has 0 radical (unpaired) electrons. The Morgan fingerprint density at radius 1 is 0.415 bits per heavy atom. The minimum Gasteiger partial charge on any atom is -0.308 e. The van der Waals surface area contributed by atoms with Gasteiger partial charge in [-0.1, -0.05) is 131 Å². The molecular weight excluding hydrogens is 643 g/mol. The number of fused-ring (bicyclic) bond motifs is 12. The molecule has 0 atom stereocenters. The number of hydrogen-bond acceptors (Lipinski definition) is 2. The van der Waals surface area contributed by atoms with Gasteiger partial charge < -0.3 is 4.40 Å². The van der Waals surface area contributed by atoms with Gasteiger partial charge in [-0.15, -0.1) is 0 Å². The van der Waals surface area contributed by atoms with E-state index in [0.29, 0.717) is 11.1 Å². The van der Waals surface area contributed by atoms with Crippen molar-refractivity contribution in [3.8, 4) is 56.6 Å². The van der Waals surface area contributed by atoms with E-state index in [4.69, 9.17) is 0 Å². The summed E-state index contributed by atoms with van der Waals surface area (Å²) in [6, 6.07) is 50.8. The second kappa shape index (κ2) is 10.0. The summed E-state index contributed by atoms with van der Waals surface area (Å²) < 4.78 is 2.28. The predicted octanol–water partition coefficient (Wildman–Crippen LogP) is 12.5. The van der Waals surface area contributed by atoms with Crippen LogP contribution in [0.25, 0.3) is 82.6 Å². The van der Waals surface area contributed by atoms with Gasteiger partial charge in [-0.2, -0.15) is 10.5 Å². The Kier molecular flexibility index (Phi) is 5.66. The summed E-state index contributed by atoms with van der Waals surface area (Å²) in [6.45, 7) is 9.17. The van der Waals surface area contributed by atoms with Crippen LogP contribution < -0.4 is 0 Å². The number of aromatic nitrogens is 1. The molecule has 0 saturated heterocycles. The normalized spacial score (nSPS) is 14.7. The fourth-order valence-electron chi connectivity index (χ4n) is 10.2. The molecule has 2 aliphatic rings. The maximum atomic E-state index is 10.8. The van der Waals surface area contributed by atoms with E-state index in [1.165, 1.54) is 44.5 Å². The molecule has 11 rings (SSSR count). The van der Waals surface area contributed by atoms with Crippen molar-refractivity contribution in [2.45, 2.75) is 38.5 Å². The van der Waals surface area contributed by atoms with Crippen LogP contribution in [0.4, 0.5) is 0 Å². The SMILES string of the molecule is CC1(C)c2ccccc2-c2c(-c3cc4c5cccc6c7cc(-c8cccc9c8-c8ccccc8C9(C)C)c(C#N)cc7n(c4cc3C#N)c56)cccc21. The molecular formula is C50H33N3. The van der Waals surface area contributed by atoms with Crippen LogP contribution in [-0.2, 0) is 10.8 Å². The zero-order valence-electron chi connectivity index (χ0n) is 30.0. The van der Waals surface area contributed by atoms with Gasteiger partial charge in [0.1, 0.15) is 0 Å². The summed E-state index contributed by atoms with van der Waals surface area (Å²) >= 11 is 0. The van der Waals surface area contributed by atoms with Gasteiger partial charge in [0, 0.05) is 43.5 Å². The van der Waals surface area contributed by atoms with Crippen molar-refractivity contribution in [2.75, 3.05) is 0 Å². The first-order valence-electron chi connectivity index (χ1n) is 18.3. The summed E-state index contributed by atoms with van der Waals surface area (Å²) in [5, 5.41) is 26.0. The standard InChI is InChI=1S/C50H33N3/c1-49(2)40-18-7-5-12-34(40)46-30(14-10-20-42(46)49)36-24-38-32-16-9-17-33-39-25-37(29(27-52)23-45(39)53(48(32)33)44(38)22-28(36)26-51)31-15-11-21-43-47(31)35-13-6-8-19-41(35)50(43,3)4/h5-25H,1-4H3. The molecule has 0 fully saturated rings. The number of para-hydroxylation sites is 1. The highest BCUT2D eigenvalue weighted by Crippen LogP contribution is 2.55. The fraction of sp³-hybridized carbons (Fsp3) is 0.120. The van der Waals surface area contributed by atoms with Crippen LogP contribution in [0.5, 0.6) is 0 Å². The molecule has 3 nitrogen and oxygen atoms in total. The molecule has 2 aromatic heterocycles. The van der Waals surface area contributed by atoms with E-state index in [1.807, 2.05) is 0 Å². The number of hydrogen-bond donors (Lipinski definition) is 0. The number of rotatable bonds is 2. The maximum absolute atomic E-state index is 10.8. The fourth-order valence-corrected chi connectivity index (χ4v) is 10.2. The zero-order valence-corrected chi connectivity index (χ0v) is 30.0. The number of benzene rings is 7. The van der Waals surface area contributed by atoms with Gasteiger partial charge in [-0.05, 0) is 79.9 Å². The highest BCUT2D eigenvalue weighted by atomic mass is 14.9. The van der Waals surface area contributed by atoms with Crippen molar-refractivity contribution < 1.29 is 0 Å². The summed E-state index contributed by atoms with van der Waals surface area (Å²) in [5.41, 5.74) is 18.3.